The highest BCUT2D eigenvalue weighted by Crippen LogP contribution is 2.11. The zero-order valence-electron chi connectivity index (χ0n) is 10.8. The summed E-state index contributed by atoms with van der Waals surface area (Å²) < 4.78 is 0. The SMILES string of the molecule is CC(CO)(CO)NC(=O)[C@@H](N)Cc1ccc(O)cc1. The largest absolute Gasteiger partial charge is 0.508 e. The molecule has 0 aliphatic heterocycles. The monoisotopic (exact) mass is 268 g/mol. The number of phenolic OH excluding ortho intramolecular Hbond substituents is 1. The maximum Gasteiger partial charge on any atom is 0.237 e. The number of carbonyl (C=O) groups is 1. The van der Waals surface area contributed by atoms with Gasteiger partial charge in [-0.3, -0.25) is 4.79 Å². The number of rotatable bonds is 6. The van der Waals surface area contributed by atoms with Gasteiger partial charge < -0.3 is 26.4 Å². The first kappa shape index (κ1) is 15.4. The summed E-state index contributed by atoms with van der Waals surface area (Å²) in [4.78, 5) is 11.8. The number of aliphatic hydroxyl groups excluding tert-OH is 2. The Morgan fingerprint density at radius 1 is 1.32 bits per heavy atom. The smallest absolute Gasteiger partial charge is 0.237 e. The average Bonchev–Trinajstić information content (AvgIpc) is 2.41. The summed E-state index contributed by atoms with van der Waals surface area (Å²) >= 11 is 0. The number of hydrogen-bond donors (Lipinski definition) is 5. The summed E-state index contributed by atoms with van der Waals surface area (Å²) in [6.07, 6.45) is 0.305. The molecule has 0 unspecified atom stereocenters. The number of hydrogen-bond acceptors (Lipinski definition) is 5. The van der Waals surface area contributed by atoms with Crippen molar-refractivity contribution in [1.29, 1.82) is 0 Å². The molecular formula is C13H20N2O4. The highest BCUT2D eigenvalue weighted by atomic mass is 16.3. The molecule has 106 valence electrons. The summed E-state index contributed by atoms with van der Waals surface area (Å²) in [6, 6.07) is 5.61. The number of phenols is 1. The maximum absolute atomic E-state index is 11.8. The van der Waals surface area contributed by atoms with Crippen molar-refractivity contribution in [3.8, 4) is 5.75 Å². The van der Waals surface area contributed by atoms with Gasteiger partial charge in [-0.1, -0.05) is 12.1 Å². The van der Waals surface area contributed by atoms with E-state index < -0.39 is 17.5 Å². The summed E-state index contributed by atoms with van der Waals surface area (Å²) in [5, 5.41) is 29.8. The van der Waals surface area contributed by atoms with Crippen LogP contribution in [0.5, 0.6) is 5.75 Å². The average molecular weight is 268 g/mol. The molecule has 1 aromatic carbocycles. The molecule has 0 aromatic heterocycles. The fourth-order valence-corrected chi connectivity index (χ4v) is 1.50. The van der Waals surface area contributed by atoms with Gasteiger partial charge in [0.05, 0.1) is 24.8 Å². The van der Waals surface area contributed by atoms with Crippen LogP contribution in [0.3, 0.4) is 0 Å². The summed E-state index contributed by atoms with van der Waals surface area (Å²) in [5.41, 5.74) is 5.50. The second-order valence-electron chi connectivity index (χ2n) is 4.84. The molecule has 0 heterocycles. The molecule has 0 bridgehead atoms. The van der Waals surface area contributed by atoms with E-state index in [9.17, 15) is 4.79 Å². The Morgan fingerprint density at radius 3 is 2.32 bits per heavy atom. The van der Waals surface area contributed by atoms with Gasteiger partial charge in [-0.2, -0.15) is 0 Å². The van der Waals surface area contributed by atoms with Gasteiger partial charge in [0, 0.05) is 0 Å². The molecule has 1 rings (SSSR count). The van der Waals surface area contributed by atoms with E-state index in [0.717, 1.165) is 5.56 Å². The first-order valence-electron chi connectivity index (χ1n) is 5.97. The minimum atomic E-state index is -1.08. The Kier molecular flexibility index (Phi) is 5.29. The summed E-state index contributed by atoms with van der Waals surface area (Å²) in [5.74, 6) is -0.298. The standard InChI is InChI=1S/C13H20N2O4/c1-13(7-16,8-17)15-12(19)11(14)6-9-2-4-10(18)5-3-9/h2-5,11,16-18H,6-8,14H2,1H3,(H,15,19)/t11-/m0/s1. The lowest BCUT2D eigenvalue weighted by molar-refractivity contribution is -0.125. The number of carbonyl (C=O) groups excluding carboxylic acids is 1. The predicted molar refractivity (Wildman–Crippen MR) is 70.5 cm³/mol. The van der Waals surface area contributed by atoms with Gasteiger partial charge in [0.15, 0.2) is 0 Å². The van der Waals surface area contributed by atoms with Crippen molar-refractivity contribution < 1.29 is 20.1 Å². The Labute approximate surface area is 111 Å². The van der Waals surface area contributed by atoms with Gasteiger partial charge in [0.25, 0.3) is 0 Å². The third kappa shape index (κ3) is 4.51. The van der Waals surface area contributed by atoms with Gasteiger partial charge >= 0.3 is 0 Å². The van der Waals surface area contributed by atoms with Crippen LogP contribution in [0.25, 0.3) is 0 Å². The van der Waals surface area contributed by atoms with Crippen molar-refractivity contribution in [2.45, 2.75) is 24.9 Å². The van der Waals surface area contributed by atoms with Crippen LogP contribution in [0.15, 0.2) is 24.3 Å². The predicted octanol–water partition coefficient (Wildman–Crippen LogP) is -0.878. The highest BCUT2D eigenvalue weighted by Gasteiger charge is 2.27. The van der Waals surface area contributed by atoms with Crippen LogP contribution < -0.4 is 11.1 Å². The van der Waals surface area contributed by atoms with Gasteiger partial charge in [-0.25, -0.2) is 0 Å². The van der Waals surface area contributed by atoms with Crippen molar-refractivity contribution in [2.24, 2.45) is 5.73 Å². The molecule has 1 amide bonds. The van der Waals surface area contributed by atoms with E-state index in [1.807, 2.05) is 0 Å². The molecule has 19 heavy (non-hydrogen) atoms. The van der Waals surface area contributed by atoms with Crippen molar-refractivity contribution >= 4 is 5.91 Å². The van der Waals surface area contributed by atoms with Crippen molar-refractivity contribution in [3.63, 3.8) is 0 Å². The summed E-state index contributed by atoms with van der Waals surface area (Å²) in [7, 11) is 0. The van der Waals surface area contributed by atoms with Gasteiger partial charge in [-0.15, -0.1) is 0 Å². The fourth-order valence-electron chi connectivity index (χ4n) is 1.50. The third-order valence-electron chi connectivity index (χ3n) is 2.85. The second kappa shape index (κ2) is 6.51. The minimum Gasteiger partial charge on any atom is -0.508 e. The quantitative estimate of drug-likeness (QED) is 0.459. The van der Waals surface area contributed by atoms with Crippen LogP contribution in [0.2, 0.25) is 0 Å². The number of aliphatic hydroxyl groups is 2. The van der Waals surface area contributed by atoms with E-state index in [2.05, 4.69) is 5.32 Å². The van der Waals surface area contributed by atoms with Crippen LogP contribution in [0.1, 0.15) is 12.5 Å². The Bertz CT molecular complexity index is 415. The van der Waals surface area contributed by atoms with Gasteiger partial charge in [-0.05, 0) is 31.0 Å². The van der Waals surface area contributed by atoms with Gasteiger partial charge in [0.2, 0.25) is 5.91 Å². The molecule has 0 fully saturated rings. The molecule has 6 nitrogen and oxygen atoms in total. The highest BCUT2D eigenvalue weighted by molar-refractivity contribution is 5.82. The minimum absolute atomic E-state index is 0.148. The lowest BCUT2D eigenvalue weighted by Crippen LogP contribution is -2.56. The molecule has 6 heteroatoms. The van der Waals surface area contributed by atoms with Crippen molar-refractivity contribution in [2.75, 3.05) is 13.2 Å². The molecule has 1 aromatic rings. The Morgan fingerprint density at radius 2 is 1.84 bits per heavy atom. The number of amides is 1. The Balaban J connectivity index is 2.60. The number of aromatic hydroxyl groups is 1. The molecule has 0 aliphatic carbocycles. The third-order valence-corrected chi connectivity index (χ3v) is 2.85. The lowest BCUT2D eigenvalue weighted by Gasteiger charge is -2.27. The molecule has 0 aliphatic rings. The van der Waals surface area contributed by atoms with Crippen molar-refractivity contribution in [3.05, 3.63) is 29.8 Å². The van der Waals surface area contributed by atoms with Crippen LogP contribution in [-0.2, 0) is 11.2 Å². The zero-order chi connectivity index (χ0) is 14.5. The van der Waals surface area contributed by atoms with Gasteiger partial charge in [0.1, 0.15) is 5.75 Å². The topological polar surface area (TPSA) is 116 Å². The molecule has 1 atom stereocenters. The maximum atomic E-state index is 11.8. The second-order valence-corrected chi connectivity index (χ2v) is 4.84. The molecule has 0 spiro atoms. The number of nitrogens with one attached hydrogen (secondary N) is 1. The van der Waals surface area contributed by atoms with Crippen LogP contribution in [0, 0.1) is 0 Å². The number of benzene rings is 1. The molecule has 0 saturated carbocycles. The van der Waals surface area contributed by atoms with Crippen molar-refractivity contribution in [1.82, 2.24) is 5.32 Å². The number of nitrogens with two attached hydrogens (primary N) is 1. The fraction of sp³-hybridized carbons (Fsp3) is 0.462. The van der Waals surface area contributed by atoms with E-state index >= 15 is 0 Å². The summed E-state index contributed by atoms with van der Waals surface area (Å²) in [6.45, 7) is 0.778. The molecule has 0 radical (unpaired) electrons. The van der Waals surface area contributed by atoms with Crippen LogP contribution in [-0.4, -0.2) is 46.0 Å². The zero-order valence-corrected chi connectivity index (χ0v) is 10.8. The Hall–Kier alpha value is -1.63. The van der Waals surface area contributed by atoms with E-state index in [-0.39, 0.29) is 19.0 Å². The normalized spacial score (nSPS) is 13.1. The first-order valence-corrected chi connectivity index (χ1v) is 5.97. The molecule has 6 N–H and O–H groups in total. The first-order chi connectivity index (χ1) is 8.90. The van der Waals surface area contributed by atoms with E-state index in [0.29, 0.717) is 6.42 Å². The molecular weight excluding hydrogens is 248 g/mol. The van der Waals surface area contributed by atoms with Crippen LogP contribution >= 0.6 is 0 Å². The van der Waals surface area contributed by atoms with E-state index in [1.54, 1.807) is 12.1 Å². The van der Waals surface area contributed by atoms with Crippen LogP contribution in [0.4, 0.5) is 0 Å². The molecule has 0 saturated heterocycles. The van der Waals surface area contributed by atoms with E-state index in [1.165, 1.54) is 19.1 Å². The lowest BCUT2D eigenvalue weighted by atomic mass is 10.0. The van der Waals surface area contributed by atoms with E-state index in [4.69, 9.17) is 21.1 Å².